The lowest BCUT2D eigenvalue weighted by Gasteiger charge is -2.31. The van der Waals surface area contributed by atoms with Gasteiger partial charge in [0.15, 0.2) is 0 Å². The maximum Gasteiger partial charge on any atom is 0.310 e. The Hall–Kier alpha value is -1.39. The lowest BCUT2D eigenvalue weighted by atomic mass is 10.0. The van der Waals surface area contributed by atoms with Crippen LogP contribution in [0.4, 0.5) is 0 Å². The highest BCUT2D eigenvalue weighted by molar-refractivity contribution is 5.72. The molecular weight excluding hydrogens is 252 g/mol. The van der Waals surface area contributed by atoms with Crippen molar-refractivity contribution in [2.24, 2.45) is 11.7 Å². The van der Waals surface area contributed by atoms with E-state index in [9.17, 15) is 4.79 Å². The van der Waals surface area contributed by atoms with Crippen molar-refractivity contribution in [1.82, 2.24) is 4.90 Å². The van der Waals surface area contributed by atoms with Crippen LogP contribution >= 0.6 is 0 Å². The molecular formula is C16H24N2O2. The fourth-order valence-corrected chi connectivity index (χ4v) is 2.59. The van der Waals surface area contributed by atoms with Crippen LogP contribution in [0.3, 0.4) is 0 Å². The normalized spacial score (nSPS) is 21.4. The molecule has 0 spiro atoms. The molecule has 4 heteroatoms. The van der Waals surface area contributed by atoms with Crippen molar-refractivity contribution >= 4 is 5.97 Å². The summed E-state index contributed by atoms with van der Waals surface area (Å²) < 4.78 is 5.36. The van der Waals surface area contributed by atoms with Crippen LogP contribution in [0.2, 0.25) is 0 Å². The third-order valence-corrected chi connectivity index (χ3v) is 3.70. The van der Waals surface area contributed by atoms with Crippen LogP contribution in [0.5, 0.6) is 0 Å². The highest BCUT2D eigenvalue weighted by atomic mass is 16.5. The van der Waals surface area contributed by atoms with Crippen LogP contribution in [0.15, 0.2) is 30.3 Å². The molecule has 0 radical (unpaired) electrons. The van der Waals surface area contributed by atoms with Crippen molar-refractivity contribution in [3.05, 3.63) is 35.9 Å². The molecule has 4 nitrogen and oxygen atoms in total. The summed E-state index contributed by atoms with van der Waals surface area (Å²) in [4.78, 5) is 14.3. The lowest BCUT2D eigenvalue weighted by Crippen LogP contribution is -2.45. The Morgan fingerprint density at radius 1 is 1.45 bits per heavy atom. The summed E-state index contributed by atoms with van der Waals surface area (Å²) in [7, 11) is 0. The van der Waals surface area contributed by atoms with Crippen molar-refractivity contribution in [1.29, 1.82) is 0 Å². The first-order chi connectivity index (χ1) is 9.65. The number of esters is 1. The summed E-state index contributed by atoms with van der Waals surface area (Å²) in [6.07, 6.45) is 2.20. The number of nitrogens with two attached hydrogens (primary N) is 1. The third kappa shape index (κ3) is 4.62. The molecule has 0 saturated carbocycles. The van der Waals surface area contributed by atoms with E-state index in [2.05, 4.69) is 4.90 Å². The number of rotatable bonds is 5. The molecule has 0 bridgehead atoms. The number of carbonyl (C=O) groups is 1. The van der Waals surface area contributed by atoms with Gasteiger partial charge in [0.25, 0.3) is 0 Å². The topological polar surface area (TPSA) is 55.6 Å². The Balaban J connectivity index is 1.74. The van der Waals surface area contributed by atoms with Gasteiger partial charge in [0.05, 0.1) is 5.92 Å². The van der Waals surface area contributed by atoms with Gasteiger partial charge in [-0.15, -0.1) is 0 Å². The molecule has 2 unspecified atom stereocenters. The molecule has 2 atom stereocenters. The zero-order valence-electron chi connectivity index (χ0n) is 12.1. The zero-order chi connectivity index (χ0) is 14.4. The highest BCUT2D eigenvalue weighted by Crippen LogP contribution is 2.12. The second kappa shape index (κ2) is 7.41. The quantitative estimate of drug-likeness (QED) is 0.833. The van der Waals surface area contributed by atoms with Gasteiger partial charge >= 0.3 is 5.97 Å². The summed E-state index contributed by atoms with van der Waals surface area (Å²) in [5.41, 5.74) is 6.98. The molecule has 0 amide bonds. The van der Waals surface area contributed by atoms with Crippen molar-refractivity contribution in [3.8, 4) is 0 Å². The third-order valence-electron chi connectivity index (χ3n) is 3.70. The summed E-state index contributed by atoms with van der Waals surface area (Å²) in [6, 6.07) is 10.0. The van der Waals surface area contributed by atoms with Crippen LogP contribution < -0.4 is 5.73 Å². The van der Waals surface area contributed by atoms with Gasteiger partial charge in [-0.2, -0.15) is 0 Å². The van der Waals surface area contributed by atoms with Gasteiger partial charge < -0.3 is 15.4 Å². The smallest absolute Gasteiger partial charge is 0.310 e. The van der Waals surface area contributed by atoms with Crippen LogP contribution in [0, 0.1) is 5.92 Å². The van der Waals surface area contributed by atoms with Gasteiger partial charge in [-0.1, -0.05) is 37.3 Å². The predicted octanol–water partition coefficient (Wildman–Crippen LogP) is 1.79. The molecule has 1 aromatic carbocycles. The van der Waals surface area contributed by atoms with E-state index < -0.39 is 0 Å². The maximum absolute atomic E-state index is 12.0. The van der Waals surface area contributed by atoms with E-state index in [4.69, 9.17) is 10.5 Å². The molecule has 1 aromatic rings. The predicted molar refractivity (Wildman–Crippen MR) is 79.1 cm³/mol. The molecule has 1 saturated heterocycles. The zero-order valence-corrected chi connectivity index (χ0v) is 12.1. The Kier molecular flexibility index (Phi) is 5.56. The molecule has 2 N–H and O–H groups in total. The van der Waals surface area contributed by atoms with Gasteiger partial charge in [-0.3, -0.25) is 4.79 Å². The SMILES string of the molecule is CC(CN1CCCC(N)C1)C(=O)OCc1ccccc1. The van der Waals surface area contributed by atoms with Crippen molar-refractivity contribution in [2.45, 2.75) is 32.4 Å². The first-order valence-electron chi connectivity index (χ1n) is 7.33. The number of nitrogens with zero attached hydrogens (tertiary/aromatic N) is 1. The first-order valence-corrected chi connectivity index (χ1v) is 7.33. The number of hydrogen-bond acceptors (Lipinski definition) is 4. The number of ether oxygens (including phenoxy) is 1. The minimum absolute atomic E-state index is 0.107. The van der Waals surface area contributed by atoms with E-state index in [1.807, 2.05) is 37.3 Å². The van der Waals surface area contributed by atoms with Crippen LogP contribution in [-0.4, -0.2) is 36.5 Å². The second-order valence-electron chi connectivity index (χ2n) is 5.66. The fraction of sp³-hybridized carbons (Fsp3) is 0.562. The minimum atomic E-state index is -0.131. The van der Waals surface area contributed by atoms with E-state index in [-0.39, 0.29) is 17.9 Å². The number of carbonyl (C=O) groups excluding carboxylic acids is 1. The number of likely N-dealkylation sites (tertiary alicyclic amines) is 1. The van der Waals surface area contributed by atoms with Crippen molar-refractivity contribution in [3.63, 3.8) is 0 Å². The average Bonchev–Trinajstić information content (AvgIpc) is 2.46. The van der Waals surface area contributed by atoms with Crippen LogP contribution in [0.1, 0.15) is 25.3 Å². The molecule has 1 fully saturated rings. The number of piperidine rings is 1. The summed E-state index contributed by atoms with van der Waals surface area (Å²) in [6.45, 7) is 4.93. The molecule has 0 aliphatic carbocycles. The molecule has 110 valence electrons. The van der Waals surface area contributed by atoms with E-state index in [1.54, 1.807) is 0 Å². The maximum atomic E-state index is 12.0. The average molecular weight is 276 g/mol. The molecule has 1 aliphatic rings. The molecule has 0 aromatic heterocycles. The largest absolute Gasteiger partial charge is 0.461 e. The monoisotopic (exact) mass is 276 g/mol. The van der Waals surface area contributed by atoms with Gasteiger partial charge in [0.1, 0.15) is 6.61 Å². The fourth-order valence-electron chi connectivity index (χ4n) is 2.59. The summed E-state index contributed by atoms with van der Waals surface area (Å²) in [5.74, 6) is -0.239. The number of hydrogen-bond donors (Lipinski definition) is 1. The van der Waals surface area contributed by atoms with Crippen molar-refractivity contribution in [2.75, 3.05) is 19.6 Å². The van der Waals surface area contributed by atoms with E-state index >= 15 is 0 Å². The standard InChI is InChI=1S/C16H24N2O2/c1-13(10-18-9-5-8-15(17)11-18)16(19)20-12-14-6-3-2-4-7-14/h2-4,6-7,13,15H,5,8-12,17H2,1H3. The molecule has 1 aliphatic heterocycles. The van der Waals surface area contributed by atoms with Gasteiger partial charge in [0, 0.05) is 19.1 Å². The summed E-state index contributed by atoms with van der Waals surface area (Å²) >= 11 is 0. The van der Waals surface area contributed by atoms with Gasteiger partial charge in [-0.05, 0) is 24.9 Å². The van der Waals surface area contributed by atoms with Crippen LogP contribution in [0.25, 0.3) is 0 Å². The second-order valence-corrected chi connectivity index (χ2v) is 5.66. The molecule has 2 rings (SSSR count). The molecule has 20 heavy (non-hydrogen) atoms. The lowest BCUT2D eigenvalue weighted by molar-refractivity contribution is -0.150. The minimum Gasteiger partial charge on any atom is -0.461 e. The molecule has 1 heterocycles. The van der Waals surface area contributed by atoms with E-state index in [0.29, 0.717) is 6.61 Å². The first kappa shape index (κ1) is 15.0. The van der Waals surface area contributed by atoms with E-state index in [0.717, 1.165) is 38.0 Å². The highest BCUT2D eigenvalue weighted by Gasteiger charge is 2.22. The van der Waals surface area contributed by atoms with Gasteiger partial charge in [-0.25, -0.2) is 0 Å². The Bertz CT molecular complexity index is 422. The summed E-state index contributed by atoms with van der Waals surface area (Å²) in [5, 5.41) is 0. The number of benzene rings is 1. The van der Waals surface area contributed by atoms with Gasteiger partial charge in [0.2, 0.25) is 0 Å². The Morgan fingerprint density at radius 3 is 2.90 bits per heavy atom. The van der Waals surface area contributed by atoms with Crippen molar-refractivity contribution < 1.29 is 9.53 Å². The Labute approximate surface area is 120 Å². The van der Waals surface area contributed by atoms with E-state index in [1.165, 1.54) is 0 Å². The Morgan fingerprint density at radius 2 is 2.20 bits per heavy atom. The van der Waals surface area contributed by atoms with Crippen LogP contribution in [-0.2, 0) is 16.1 Å².